The van der Waals surface area contributed by atoms with E-state index < -0.39 is 10.0 Å². The molecule has 0 aliphatic carbocycles. The Morgan fingerprint density at radius 1 is 1.44 bits per heavy atom. The predicted octanol–water partition coefficient (Wildman–Crippen LogP) is 2.35. The smallest absolute Gasteiger partial charge is 0.247 e. The number of halogens is 1. The number of aliphatic hydroxyl groups is 1. The maximum atomic E-state index is 12.4. The molecule has 104 valence electrons. The quantitative estimate of drug-likeness (QED) is 0.827. The van der Waals surface area contributed by atoms with E-state index >= 15 is 0 Å². The van der Waals surface area contributed by atoms with Crippen molar-refractivity contribution in [1.29, 1.82) is 0 Å². The summed E-state index contributed by atoms with van der Waals surface area (Å²) >= 11 is 3.08. The Morgan fingerprint density at radius 3 is 2.56 bits per heavy atom. The van der Waals surface area contributed by atoms with Crippen LogP contribution in [0.4, 0.5) is 0 Å². The fourth-order valence-corrected chi connectivity index (χ4v) is 4.02. The second kappa shape index (κ2) is 6.70. The van der Waals surface area contributed by atoms with Gasteiger partial charge in [0.1, 0.15) is 17.3 Å². The SMILES string of the molecule is CCCCN(CC)S(=O)(=O)c1cc(CO)oc1Br. The van der Waals surface area contributed by atoms with E-state index in [1.54, 1.807) is 6.92 Å². The average molecular weight is 340 g/mol. The summed E-state index contributed by atoms with van der Waals surface area (Å²) in [6, 6.07) is 1.36. The van der Waals surface area contributed by atoms with Gasteiger partial charge in [0, 0.05) is 19.2 Å². The number of sulfonamides is 1. The summed E-state index contributed by atoms with van der Waals surface area (Å²) in [4.78, 5) is 0.0736. The lowest BCUT2D eigenvalue weighted by Crippen LogP contribution is -2.31. The van der Waals surface area contributed by atoms with Gasteiger partial charge in [-0.05, 0) is 22.4 Å². The number of hydrogen-bond donors (Lipinski definition) is 1. The molecule has 0 atom stereocenters. The molecule has 0 saturated carbocycles. The van der Waals surface area contributed by atoms with Gasteiger partial charge in [-0.15, -0.1) is 0 Å². The van der Waals surface area contributed by atoms with E-state index in [0.29, 0.717) is 13.1 Å². The molecule has 0 radical (unpaired) electrons. The molecule has 0 aliphatic rings. The maximum absolute atomic E-state index is 12.4. The normalized spacial score (nSPS) is 12.3. The van der Waals surface area contributed by atoms with Crippen molar-refractivity contribution in [2.75, 3.05) is 13.1 Å². The van der Waals surface area contributed by atoms with Crippen LogP contribution in [0, 0.1) is 0 Å². The second-order valence-corrected chi connectivity index (χ2v) is 6.49. The molecule has 0 bridgehead atoms. The highest BCUT2D eigenvalue weighted by Gasteiger charge is 2.28. The number of rotatable bonds is 7. The Bertz CT molecular complexity index is 483. The molecule has 0 aliphatic heterocycles. The zero-order chi connectivity index (χ0) is 13.8. The highest BCUT2D eigenvalue weighted by molar-refractivity contribution is 9.10. The number of furan rings is 1. The third-order valence-electron chi connectivity index (χ3n) is 2.59. The van der Waals surface area contributed by atoms with Crippen LogP contribution in [0.25, 0.3) is 0 Å². The Kier molecular flexibility index (Phi) is 5.84. The van der Waals surface area contributed by atoms with E-state index in [-0.39, 0.29) is 21.9 Å². The molecule has 7 heteroatoms. The standard InChI is InChI=1S/C11H18BrNO4S/c1-3-5-6-13(4-2)18(15,16)10-7-9(8-14)17-11(10)12/h7,14H,3-6,8H2,1-2H3. The van der Waals surface area contributed by atoms with Crippen LogP contribution in [-0.4, -0.2) is 30.9 Å². The minimum atomic E-state index is -3.56. The lowest BCUT2D eigenvalue weighted by Gasteiger charge is -2.19. The lowest BCUT2D eigenvalue weighted by molar-refractivity contribution is 0.245. The maximum Gasteiger partial charge on any atom is 0.247 e. The van der Waals surface area contributed by atoms with Crippen LogP contribution in [-0.2, 0) is 16.6 Å². The zero-order valence-corrected chi connectivity index (χ0v) is 12.9. The number of unbranched alkanes of at least 4 members (excludes halogenated alkanes) is 1. The summed E-state index contributed by atoms with van der Waals surface area (Å²) in [6.07, 6.45) is 1.75. The van der Waals surface area contributed by atoms with Gasteiger partial charge in [-0.25, -0.2) is 8.42 Å². The third kappa shape index (κ3) is 3.34. The van der Waals surface area contributed by atoms with Gasteiger partial charge in [0.25, 0.3) is 0 Å². The van der Waals surface area contributed by atoms with E-state index in [1.165, 1.54) is 10.4 Å². The van der Waals surface area contributed by atoms with Crippen LogP contribution in [0.5, 0.6) is 0 Å². The van der Waals surface area contributed by atoms with Crippen LogP contribution in [0.15, 0.2) is 20.0 Å². The summed E-state index contributed by atoms with van der Waals surface area (Å²) in [6.45, 7) is 4.39. The molecule has 5 nitrogen and oxygen atoms in total. The summed E-state index contributed by atoms with van der Waals surface area (Å²) in [5.74, 6) is 0.229. The van der Waals surface area contributed by atoms with Crippen molar-refractivity contribution >= 4 is 26.0 Å². The molecule has 1 rings (SSSR count). The third-order valence-corrected chi connectivity index (χ3v) is 5.43. The van der Waals surface area contributed by atoms with Crippen LogP contribution in [0.3, 0.4) is 0 Å². The average Bonchev–Trinajstić information content (AvgIpc) is 2.72. The van der Waals surface area contributed by atoms with Gasteiger partial charge in [0.2, 0.25) is 10.0 Å². The molecule has 1 aromatic rings. The van der Waals surface area contributed by atoms with Crippen LogP contribution >= 0.6 is 15.9 Å². The molecule has 0 saturated heterocycles. The van der Waals surface area contributed by atoms with Crippen molar-refractivity contribution in [3.63, 3.8) is 0 Å². The number of hydrogen-bond acceptors (Lipinski definition) is 4. The minimum absolute atomic E-state index is 0.0736. The fraction of sp³-hybridized carbons (Fsp3) is 0.636. The molecular formula is C11H18BrNO4S. The lowest BCUT2D eigenvalue weighted by atomic mass is 10.3. The number of aliphatic hydroxyl groups excluding tert-OH is 1. The predicted molar refractivity (Wildman–Crippen MR) is 71.7 cm³/mol. The highest BCUT2D eigenvalue weighted by Crippen LogP contribution is 2.28. The minimum Gasteiger partial charge on any atom is -0.450 e. The first-order valence-electron chi connectivity index (χ1n) is 5.86. The largest absolute Gasteiger partial charge is 0.450 e. The molecule has 1 heterocycles. The van der Waals surface area contributed by atoms with Gasteiger partial charge in [0.05, 0.1) is 0 Å². The summed E-state index contributed by atoms with van der Waals surface area (Å²) in [5, 5.41) is 8.96. The summed E-state index contributed by atoms with van der Waals surface area (Å²) in [7, 11) is -3.56. The van der Waals surface area contributed by atoms with Crippen molar-refractivity contribution in [3.8, 4) is 0 Å². The van der Waals surface area contributed by atoms with Crippen LogP contribution in [0.1, 0.15) is 32.4 Å². The molecule has 1 aromatic heterocycles. The summed E-state index contributed by atoms with van der Waals surface area (Å²) in [5.41, 5.74) is 0. The van der Waals surface area contributed by atoms with Crippen molar-refractivity contribution in [2.24, 2.45) is 0 Å². The van der Waals surface area contributed by atoms with Gasteiger partial charge in [0.15, 0.2) is 4.67 Å². The first-order chi connectivity index (χ1) is 8.47. The fourth-order valence-electron chi connectivity index (χ4n) is 1.57. The van der Waals surface area contributed by atoms with Gasteiger partial charge in [-0.1, -0.05) is 20.3 Å². The first kappa shape index (κ1) is 15.7. The van der Waals surface area contributed by atoms with E-state index in [0.717, 1.165) is 12.8 Å². The van der Waals surface area contributed by atoms with E-state index in [2.05, 4.69) is 15.9 Å². The van der Waals surface area contributed by atoms with E-state index in [4.69, 9.17) is 9.52 Å². The Labute approximate surface area is 116 Å². The van der Waals surface area contributed by atoms with Gasteiger partial charge >= 0.3 is 0 Å². The first-order valence-corrected chi connectivity index (χ1v) is 8.09. The molecule has 0 fully saturated rings. The highest BCUT2D eigenvalue weighted by atomic mass is 79.9. The molecule has 0 amide bonds. The molecule has 18 heavy (non-hydrogen) atoms. The van der Waals surface area contributed by atoms with E-state index in [1.807, 2.05) is 6.92 Å². The topological polar surface area (TPSA) is 70.8 Å². The zero-order valence-electron chi connectivity index (χ0n) is 10.5. The van der Waals surface area contributed by atoms with Crippen molar-refractivity contribution in [2.45, 2.75) is 38.2 Å². The monoisotopic (exact) mass is 339 g/mol. The van der Waals surface area contributed by atoms with Gasteiger partial charge in [-0.3, -0.25) is 0 Å². The van der Waals surface area contributed by atoms with Gasteiger partial charge in [-0.2, -0.15) is 4.31 Å². The molecule has 0 aromatic carbocycles. The molecular weight excluding hydrogens is 322 g/mol. The molecule has 0 spiro atoms. The Balaban J connectivity index is 3.06. The van der Waals surface area contributed by atoms with Crippen molar-refractivity contribution < 1.29 is 17.9 Å². The summed E-state index contributed by atoms with van der Waals surface area (Å²) < 4.78 is 31.4. The van der Waals surface area contributed by atoms with Crippen LogP contribution < -0.4 is 0 Å². The number of nitrogens with zero attached hydrogens (tertiary/aromatic N) is 1. The molecule has 1 N–H and O–H groups in total. The van der Waals surface area contributed by atoms with Gasteiger partial charge < -0.3 is 9.52 Å². The Morgan fingerprint density at radius 2 is 2.11 bits per heavy atom. The Hall–Kier alpha value is -0.370. The van der Waals surface area contributed by atoms with Crippen molar-refractivity contribution in [1.82, 2.24) is 4.31 Å². The van der Waals surface area contributed by atoms with E-state index in [9.17, 15) is 8.42 Å². The van der Waals surface area contributed by atoms with Crippen molar-refractivity contribution in [3.05, 3.63) is 16.5 Å². The molecule has 0 unspecified atom stereocenters. The second-order valence-electron chi connectivity index (χ2n) is 3.86. The van der Waals surface area contributed by atoms with Crippen LogP contribution in [0.2, 0.25) is 0 Å².